The van der Waals surface area contributed by atoms with Gasteiger partial charge in [-0.1, -0.05) is 13.8 Å². The van der Waals surface area contributed by atoms with Gasteiger partial charge in [-0.05, 0) is 32.6 Å². The summed E-state index contributed by atoms with van der Waals surface area (Å²) in [7, 11) is 0. The minimum Gasteiger partial charge on any atom is -0.392 e. The van der Waals surface area contributed by atoms with Crippen molar-refractivity contribution in [3.8, 4) is 0 Å². The molecule has 0 spiro atoms. The molecule has 3 nitrogen and oxygen atoms in total. The van der Waals surface area contributed by atoms with Crippen LogP contribution in [0, 0.1) is 5.92 Å². The Hall–Kier alpha value is 0.170. The third kappa shape index (κ3) is 8.83. The van der Waals surface area contributed by atoms with E-state index in [1.54, 1.807) is 6.92 Å². The minimum atomic E-state index is -0.517. The molecule has 0 aromatic heterocycles. The molecule has 0 radical (unpaired) electrons. The Kier molecular flexibility index (Phi) is 9.24. The van der Waals surface area contributed by atoms with Crippen LogP contribution in [0.2, 0.25) is 0 Å². The molecule has 2 N–H and O–H groups in total. The van der Waals surface area contributed by atoms with Crippen molar-refractivity contribution in [1.82, 2.24) is 4.90 Å². The average Bonchev–Trinajstić information content (AvgIpc) is 2.23. The van der Waals surface area contributed by atoms with Gasteiger partial charge in [0.1, 0.15) is 0 Å². The Morgan fingerprint density at radius 1 is 1.00 bits per heavy atom. The lowest BCUT2D eigenvalue weighted by Crippen LogP contribution is -2.43. The van der Waals surface area contributed by atoms with E-state index in [1.165, 1.54) is 0 Å². The fourth-order valence-corrected chi connectivity index (χ4v) is 1.95. The number of nitrogens with zero attached hydrogens (tertiary/aromatic N) is 1. The van der Waals surface area contributed by atoms with Crippen LogP contribution in [0.5, 0.6) is 0 Å². The molecular weight excluding hydrogens is 238 g/mol. The molecular formula is C13H28ClNO2. The van der Waals surface area contributed by atoms with Gasteiger partial charge >= 0.3 is 0 Å². The first kappa shape index (κ1) is 17.2. The van der Waals surface area contributed by atoms with E-state index >= 15 is 0 Å². The van der Waals surface area contributed by atoms with Crippen LogP contribution in [0.25, 0.3) is 0 Å². The second-order valence-corrected chi connectivity index (χ2v) is 5.74. The summed E-state index contributed by atoms with van der Waals surface area (Å²) in [6.07, 6.45) is 1.35. The van der Waals surface area contributed by atoms with Crippen molar-refractivity contribution in [3.05, 3.63) is 0 Å². The van der Waals surface area contributed by atoms with Crippen molar-refractivity contribution < 1.29 is 10.2 Å². The van der Waals surface area contributed by atoms with Crippen LogP contribution in [0.15, 0.2) is 0 Å². The molecule has 0 aromatic carbocycles. The number of hydrogen-bond donors (Lipinski definition) is 2. The zero-order chi connectivity index (χ0) is 13.4. The Bertz CT molecular complexity index is 188. The van der Waals surface area contributed by atoms with Crippen molar-refractivity contribution in [1.29, 1.82) is 0 Å². The summed E-state index contributed by atoms with van der Waals surface area (Å²) >= 11 is 5.63. The summed E-state index contributed by atoms with van der Waals surface area (Å²) in [5.41, 5.74) is 0. The molecule has 0 aromatic rings. The van der Waals surface area contributed by atoms with Gasteiger partial charge in [-0.15, -0.1) is 11.6 Å². The molecule has 17 heavy (non-hydrogen) atoms. The van der Waals surface area contributed by atoms with E-state index in [9.17, 15) is 10.2 Å². The number of halogens is 1. The minimum absolute atomic E-state index is 0.243. The molecule has 0 amide bonds. The van der Waals surface area contributed by atoms with Gasteiger partial charge in [-0.3, -0.25) is 4.90 Å². The number of aliphatic hydroxyl groups is 2. The van der Waals surface area contributed by atoms with Crippen molar-refractivity contribution in [2.24, 2.45) is 5.92 Å². The SMILES string of the molecule is CC(C)CCC(C)N(CC(C)O)CC(O)CCl. The first-order valence-electron chi connectivity index (χ1n) is 6.52. The molecule has 0 bridgehead atoms. The fraction of sp³-hybridized carbons (Fsp3) is 1.00. The zero-order valence-corrected chi connectivity index (χ0v) is 12.3. The first-order valence-corrected chi connectivity index (χ1v) is 7.06. The number of aliphatic hydroxyl groups excluding tert-OH is 2. The third-order valence-electron chi connectivity index (χ3n) is 2.91. The normalized spacial score (nSPS) is 17.5. The molecule has 0 aliphatic heterocycles. The Morgan fingerprint density at radius 3 is 2.00 bits per heavy atom. The molecule has 104 valence electrons. The summed E-state index contributed by atoms with van der Waals surface area (Å²) in [4.78, 5) is 2.13. The highest BCUT2D eigenvalue weighted by Crippen LogP contribution is 2.13. The second-order valence-electron chi connectivity index (χ2n) is 5.43. The number of hydrogen-bond acceptors (Lipinski definition) is 3. The van der Waals surface area contributed by atoms with Crippen LogP contribution >= 0.6 is 11.6 Å². The lowest BCUT2D eigenvalue weighted by molar-refractivity contribution is 0.0589. The zero-order valence-electron chi connectivity index (χ0n) is 11.6. The lowest BCUT2D eigenvalue weighted by atomic mass is 10.0. The molecule has 3 atom stereocenters. The van der Waals surface area contributed by atoms with Gasteiger partial charge in [-0.25, -0.2) is 0 Å². The maximum Gasteiger partial charge on any atom is 0.0802 e. The fourth-order valence-electron chi connectivity index (χ4n) is 1.85. The quantitative estimate of drug-likeness (QED) is 0.628. The average molecular weight is 266 g/mol. The van der Waals surface area contributed by atoms with Crippen molar-refractivity contribution in [3.63, 3.8) is 0 Å². The molecule has 0 saturated heterocycles. The summed E-state index contributed by atoms with van der Waals surface area (Å²) in [5.74, 6) is 0.927. The van der Waals surface area contributed by atoms with Crippen LogP contribution in [0.3, 0.4) is 0 Å². The van der Waals surface area contributed by atoms with Crippen LogP contribution in [0.1, 0.15) is 40.5 Å². The van der Waals surface area contributed by atoms with Gasteiger partial charge in [0.2, 0.25) is 0 Å². The first-order chi connectivity index (χ1) is 7.86. The summed E-state index contributed by atoms with van der Waals surface area (Å²) in [6.45, 7) is 9.46. The molecule has 0 aliphatic rings. The van der Waals surface area contributed by atoms with Gasteiger partial charge in [0, 0.05) is 25.0 Å². The standard InChI is InChI=1S/C13H28ClNO2/c1-10(2)5-6-11(3)15(8-12(4)16)9-13(17)7-14/h10-13,16-17H,5-9H2,1-4H3. The largest absolute Gasteiger partial charge is 0.392 e. The van der Waals surface area contributed by atoms with Crippen LogP contribution in [-0.4, -0.2) is 52.3 Å². The highest BCUT2D eigenvalue weighted by molar-refractivity contribution is 6.18. The molecule has 0 rings (SSSR count). The van der Waals surface area contributed by atoms with E-state index in [0.717, 1.165) is 12.8 Å². The van der Waals surface area contributed by atoms with E-state index in [0.29, 0.717) is 25.0 Å². The maximum absolute atomic E-state index is 9.61. The molecule has 0 heterocycles. The van der Waals surface area contributed by atoms with Gasteiger partial charge in [-0.2, -0.15) is 0 Å². The van der Waals surface area contributed by atoms with Crippen LogP contribution < -0.4 is 0 Å². The summed E-state index contributed by atoms with van der Waals surface area (Å²) in [5, 5.41) is 19.1. The molecule has 3 unspecified atom stereocenters. The monoisotopic (exact) mass is 265 g/mol. The highest BCUT2D eigenvalue weighted by Gasteiger charge is 2.18. The lowest BCUT2D eigenvalue weighted by Gasteiger charge is -2.32. The Labute approximate surface area is 111 Å². The third-order valence-corrected chi connectivity index (χ3v) is 3.26. The summed E-state index contributed by atoms with van der Waals surface area (Å²) < 4.78 is 0. The molecule has 0 aliphatic carbocycles. The van der Waals surface area contributed by atoms with Gasteiger partial charge in [0.25, 0.3) is 0 Å². The van der Waals surface area contributed by atoms with Crippen LogP contribution in [-0.2, 0) is 0 Å². The van der Waals surface area contributed by atoms with E-state index in [4.69, 9.17) is 11.6 Å². The van der Waals surface area contributed by atoms with Crippen molar-refractivity contribution in [2.75, 3.05) is 19.0 Å². The smallest absolute Gasteiger partial charge is 0.0802 e. The van der Waals surface area contributed by atoms with Crippen LogP contribution in [0.4, 0.5) is 0 Å². The molecule has 0 fully saturated rings. The van der Waals surface area contributed by atoms with E-state index in [2.05, 4.69) is 25.7 Å². The van der Waals surface area contributed by atoms with E-state index in [1.807, 2.05) is 0 Å². The van der Waals surface area contributed by atoms with Crippen molar-refractivity contribution >= 4 is 11.6 Å². The summed E-state index contributed by atoms with van der Waals surface area (Å²) in [6, 6.07) is 0.366. The maximum atomic E-state index is 9.61. The van der Waals surface area contributed by atoms with E-state index < -0.39 is 6.10 Å². The predicted octanol–water partition coefficient (Wildman–Crippen LogP) is 2.09. The Balaban J connectivity index is 4.23. The molecule has 4 heteroatoms. The number of alkyl halides is 1. The second kappa shape index (κ2) is 9.15. The van der Waals surface area contributed by atoms with Gasteiger partial charge in [0.15, 0.2) is 0 Å². The predicted molar refractivity (Wildman–Crippen MR) is 73.5 cm³/mol. The molecule has 0 saturated carbocycles. The van der Waals surface area contributed by atoms with Gasteiger partial charge < -0.3 is 10.2 Å². The van der Waals surface area contributed by atoms with E-state index in [-0.39, 0.29) is 12.0 Å². The Morgan fingerprint density at radius 2 is 1.59 bits per heavy atom. The number of rotatable bonds is 9. The topological polar surface area (TPSA) is 43.7 Å². The highest BCUT2D eigenvalue weighted by atomic mass is 35.5. The van der Waals surface area contributed by atoms with Gasteiger partial charge in [0.05, 0.1) is 12.2 Å². The van der Waals surface area contributed by atoms with Crippen molar-refractivity contribution in [2.45, 2.75) is 58.8 Å².